The molecule has 0 saturated carbocycles. The molecule has 0 aliphatic carbocycles. The average molecular weight is 426 g/mol. The molecule has 0 spiro atoms. The van der Waals surface area contributed by atoms with Crippen LogP contribution in [0.3, 0.4) is 0 Å². The Balaban J connectivity index is 2.52. The number of methoxy groups -OCH3 is 2. The first-order chi connectivity index (χ1) is 14.1. The van der Waals surface area contributed by atoms with Crippen LogP contribution < -0.4 is 15.9 Å². The normalized spacial score (nSPS) is 12.0. The highest BCUT2D eigenvalue weighted by atomic mass is 19.1. The molecular formula is C19H20F2N2O7. The van der Waals surface area contributed by atoms with E-state index in [1.165, 1.54) is 0 Å². The van der Waals surface area contributed by atoms with Gasteiger partial charge in [0.15, 0.2) is 23.5 Å². The van der Waals surface area contributed by atoms with E-state index < -0.39 is 64.7 Å². The number of nitrogens with zero attached hydrogens (tertiary/aromatic N) is 1. The topological polar surface area (TPSA) is 141 Å². The molecule has 1 aromatic heterocycles. The summed E-state index contributed by atoms with van der Waals surface area (Å²) in [5.41, 5.74) is 3.85. The molecule has 11 heteroatoms. The summed E-state index contributed by atoms with van der Waals surface area (Å²) >= 11 is 0. The molecule has 0 aliphatic heterocycles. The molecule has 1 aromatic carbocycles. The molecule has 30 heavy (non-hydrogen) atoms. The highest BCUT2D eigenvalue weighted by molar-refractivity contribution is 6.01. The van der Waals surface area contributed by atoms with Gasteiger partial charge in [-0.25, -0.2) is 13.6 Å². The number of benzene rings is 1. The van der Waals surface area contributed by atoms with E-state index in [1.807, 2.05) is 0 Å². The molecule has 162 valence electrons. The highest BCUT2D eigenvalue weighted by Gasteiger charge is 2.28. The van der Waals surface area contributed by atoms with Crippen LogP contribution in [-0.4, -0.2) is 53.1 Å². The summed E-state index contributed by atoms with van der Waals surface area (Å²) in [5.74, 6) is -4.20. The Kier molecular flexibility index (Phi) is 7.38. The van der Waals surface area contributed by atoms with E-state index >= 15 is 0 Å². The van der Waals surface area contributed by atoms with Crippen LogP contribution >= 0.6 is 0 Å². The molecule has 1 atom stereocenters. The molecule has 1 heterocycles. The summed E-state index contributed by atoms with van der Waals surface area (Å²) < 4.78 is 37.4. The van der Waals surface area contributed by atoms with Crippen molar-refractivity contribution in [3.8, 4) is 5.75 Å². The van der Waals surface area contributed by atoms with Crippen LogP contribution in [-0.2, 0) is 17.7 Å². The second-order valence-electron chi connectivity index (χ2n) is 6.29. The third-order valence-corrected chi connectivity index (χ3v) is 4.24. The number of ketones is 1. The van der Waals surface area contributed by atoms with Crippen LogP contribution in [0.1, 0.15) is 26.4 Å². The molecule has 0 bridgehead atoms. The molecular weight excluding hydrogens is 406 g/mol. The van der Waals surface area contributed by atoms with Crippen molar-refractivity contribution in [2.75, 3.05) is 14.2 Å². The summed E-state index contributed by atoms with van der Waals surface area (Å²) in [6.07, 6.45) is -1.36. The first kappa shape index (κ1) is 23.1. The van der Waals surface area contributed by atoms with Crippen molar-refractivity contribution < 1.29 is 38.1 Å². The van der Waals surface area contributed by atoms with Gasteiger partial charge in [-0.3, -0.25) is 9.59 Å². The van der Waals surface area contributed by atoms with Crippen LogP contribution in [0.2, 0.25) is 0 Å². The number of Topliss-reactive ketones (excluding diaryl/α,β-unsaturated/α-hetero) is 1. The Bertz CT molecular complexity index is 1020. The first-order valence-electron chi connectivity index (χ1n) is 8.60. The number of hydrogen-bond donors (Lipinski definition) is 3. The number of aromatic nitrogens is 1. The minimum atomic E-state index is -1.94. The van der Waals surface area contributed by atoms with Crippen molar-refractivity contribution in [2.45, 2.75) is 25.3 Å². The lowest BCUT2D eigenvalue weighted by molar-refractivity contribution is -0.0519. The molecule has 9 nitrogen and oxygen atoms in total. The van der Waals surface area contributed by atoms with E-state index in [0.29, 0.717) is 6.07 Å². The van der Waals surface area contributed by atoms with E-state index in [9.17, 15) is 33.4 Å². The molecule has 0 aliphatic rings. The van der Waals surface area contributed by atoms with Crippen LogP contribution in [0.25, 0.3) is 0 Å². The van der Waals surface area contributed by atoms with E-state index in [4.69, 9.17) is 10.5 Å². The summed E-state index contributed by atoms with van der Waals surface area (Å²) in [5, 5.41) is 18.6. The number of halogens is 2. The summed E-state index contributed by atoms with van der Waals surface area (Å²) in [6, 6.07) is 1.37. The number of carbonyl (C=O) groups is 2. The molecule has 2 aromatic rings. The van der Waals surface area contributed by atoms with Crippen LogP contribution in [0.15, 0.2) is 29.2 Å². The number of aliphatic hydroxyl groups excluding tert-OH is 1. The number of esters is 1. The quantitative estimate of drug-likeness (QED) is 0.304. The maximum Gasteiger partial charge on any atom is 0.358 e. The van der Waals surface area contributed by atoms with Crippen molar-refractivity contribution in [2.24, 2.45) is 5.73 Å². The summed E-state index contributed by atoms with van der Waals surface area (Å²) in [6.45, 7) is -0.594. The highest BCUT2D eigenvalue weighted by Crippen LogP contribution is 2.19. The lowest BCUT2D eigenvalue weighted by atomic mass is 9.98. The molecule has 2 rings (SSSR count). The van der Waals surface area contributed by atoms with Gasteiger partial charge in [0.2, 0.25) is 5.43 Å². The average Bonchev–Trinajstić information content (AvgIpc) is 2.69. The largest absolute Gasteiger partial charge is 0.491 e. The second-order valence-corrected chi connectivity index (χ2v) is 6.29. The predicted octanol–water partition coefficient (Wildman–Crippen LogP) is -0.0149. The Labute approximate surface area is 169 Å². The van der Waals surface area contributed by atoms with Gasteiger partial charge in [0.25, 0.3) is 0 Å². The molecule has 0 amide bonds. The number of carbonyl (C=O) groups excluding carboxylic acids is 2. The summed E-state index contributed by atoms with van der Waals surface area (Å²) in [7, 11) is 2.11. The Hall–Kier alpha value is -3.15. The monoisotopic (exact) mass is 426 g/mol. The standard InChI is InChI=1S/C19H20F2N2O7/c1-29-18-15(19(28)30-2)23(8-14(24)25)7-11(17(18)27)16(26)13(22)5-9-3-4-10(20)6-12(9)21/h3-4,6-7,13-14,24-25H,5,8,22H2,1-2H3. The number of ether oxygens (including phenoxy) is 2. The van der Waals surface area contributed by atoms with E-state index in [2.05, 4.69) is 4.74 Å². The number of aliphatic hydroxyl groups is 2. The number of nitrogens with two attached hydrogens (primary N) is 1. The second kappa shape index (κ2) is 9.57. The molecule has 0 fully saturated rings. The van der Waals surface area contributed by atoms with Gasteiger partial charge in [0.05, 0.1) is 32.4 Å². The lowest BCUT2D eigenvalue weighted by Gasteiger charge is -2.18. The third-order valence-electron chi connectivity index (χ3n) is 4.24. The van der Waals surface area contributed by atoms with Gasteiger partial charge in [0.1, 0.15) is 11.6 Å². The van der Waals surface area contributed by atoms with E-state index in [1.54, 1.807) is 0 Å². The number of rotatable bonds is 8. The molecule has 1 unspecified atom stereocenters. The van der Waals surface area contributed by atoms with E-state index in [-0.39, 0.29) is 12.0 Å². The van der Waals surface area contributed by atoms with Crippen LogP contribution in [0, 0.1) is 11.6 Å². The van der Waals surface area contributed by atoms with Crippen LogP contribution in [0.5, 0.6) is 5.75 Å². The zero-order valence-corrected chi connectivity index (χ0v) is 16.1. The maximum absolute atomic E-state index is 13.9. The van der Waals surface area contributed by atoms with Crippen molar-refractivity contribution in [3.63, 3.8) is 0 Å². The number of hydrogen-bond acceptors (Lipinski definition) is 8. The van der Waals surface area contributed by atoms with Gasteiger partial charge >= 0.3 is 5.97 Å². The van der Waals surface area contributed by atoms with Crippen molar-refractivity contribution in [3.05, 3.63) is 63.1 Å². The predicted molar refractivity (Wildman–Crippen MR) is 99.2 cm³/mol. The molecule has 4 N–H and O–H groups in total. The zero-order chi connectivity index (χ0) is 22.6. The Morgan fingerprint density at radius 2 is 1.90 bits per heavy atom. The van der Waals surface area contributed by atoms with Gasteiger partial charge in [-0.1, -0.05) is 6.07 Å². The SMILES string of the molecule is COC(=O)c1c(OC)c(=O)c(C(=O)C(N)Cc2ccc(F)cc2F)cn1CC(O)O. The number of pyridine rings is 1. The van der Waals surface area contributed by atoms with Crippen molar-refractivity contribution in [1.29, 1.82) is 0 Å². The first-order valence-corrected chi connectivity index (χ1v) is 8.60. The maximum atomic E-state index is 13.9. The molecule has 0 saturated heterocycles. The zero-order valence-electron chi connectivity index (χ0n) is 16.1. The minimum Gasteiger partial charge on any atom is -0.491 e. The summed E-state index contributed by atoms with van der Waals surface area (Å²) in [4.78, 5) is 37.6. The lowest BCUT2D eigenvalue weighted by Crippen LogP contribution is -2.37. The third kappa shape index (κ3) is 4.87. The Morgan fingerprint density at radius 1 is 1.23 bits per heavy atom. The fraction of sp³-hybridized carbons (Fsp3) is 0.316. The van der Waals surface area contributed by atoms with E-state index in [0.717, 1.165) is 37.1 Å². The van der Waals surface area contributed by atoms with Gasteiger partial charge in [-0.2, -0.15) is 0 Å². The fourth-order valence-corrected chi connectivity index (χ4v) is 2.85. The van der Waals surface area contributed by atoms with Gasteiger partial charge < -0.3 is 30.0 Å². The van der Waals surface area contributed by atoms with Crippen LogP contribution in [0.4, 0.5) is 8.78 Å². The van der Waals surface area contributed by atoms with Crippen molar-refractivity contribution in [1.82, 2.24) is 4.57 Å². The van der Waals surface area contributed by atoms with Gasteiger partial charge in [0, 0.05) is 12.3 Å². The Morgan fingerprint density at radius 3 is 2.43 bits per heavy atom. The van der Waals surface area contributed by atoms with Gasteiger partial charge in [-0.15, -0.1) is 0 Å². The molecule has 0 radical (unpaired) electrons. The minimum absolute atomic E-state index is 0.0403. The fourth-order valence-electron chi connectivity index (χ4n) is 2.85. The smallest absolute Gasteiger partial charge is 0.358 e. The van der Waals surface area contributed by atoms with Gasteiger partial charge in [-0.05, 0) is 18.1 Å². The van der Waals surface area contributed by atoms with Crippen molar-refractivity contribution >= 4 is 11.8 Å².